The first-order valence-corrected chi connectivity index (χ1v) is 6.09. The molecule has 19 heavy (non-hydrogen) atoms. The molecule has 0 atom stereocenters. The molecule has 0 unspecified atom stereocenters. The van der Waals surface area contributed by atoms with Crippen LogP contribution in [0.1, 0.15) is 17.3 Å². The molecule has 0 saturated carbocycles. The largest absolute Gasteiger partial charge is 0.494 e. The SMILES string of the molecule is CCOc1ccc(C(=O)N(N)c2ccccc2)cc1. The average molecular weight is 256 g/mol. The number of rotatable bonds is 4. The molecule has 2 aromatic rings. The zero-order valence-electron chi connectivity index (χ0n) is 10.7. The Morgan fingerprint density at radius 1 is 1.11 bits per heavy atom. The maximum absolute atomic E-state index is 12.2. The molecule has 2 N–H and O–H groups in total. The number of hydrazine groups is 1. The highest BCUT2D eigenvalue weighted by Gasteiger charge is 2.13. The van der Waals surface area contributed by atoms with Crippen LogP contribution in [0.15, 0.2) is 54.6 Å². The predicted octanol–water partition coefficient (Wildman–Crippen LogP) is 2.61. The lowest BCUT2D eigenvalue weighted by molar-refractivity contribution is 0.0987. The summed E-state index contributed by atoms with van der Waals surface area (Å²) in [6, 6.07) is 16.0. The molecule has 0 aliphatic rings. The maximum atomic E-state index is 12.2. The van der Waals surface area contributed by atoms with Gasteiger partial charge in [0.05, 0.1) is 12.3 Å². The molecule has 0 saturated heterocycles. The van der Waals surface area contributed by atoms with Crippen molar-refractivity contribution in [3.05, 3.63) is 60.2 Å². The highest BCUT2D eigenvalue weighted by atomic mass is 16.5. The predicted molar refractivity (Wildman–Crippen MR) is 75.0 cm³/mol. The van der Waals surface area contributed by atoms with Crippen molar-refractivity contribution in [3.8, 4) is 5.75 Å². The summed E-state index contributed by atoms with van der Waals surface area (Å²) in [5.74, 6) is 6.30. The average Bonchev–Trinajstić information content (AvgIpc) is 2.48. The van der Waals surface area contributed by atoms with Crippen molar-refractivity contribution in [1.29, 1.82) is 0 Å². The molecule has 0 radical (unpaired) electrons. The van der Waals surface area contributed by atoms with E-state index >= 15 is 0 Å². The minimum Gasteiger partial charge on any atom is -0.494 e. The number of anilines is 1. The fraction of sp³-hybridized carbons (Fsp3) is 0.133. The van der Waals surface area contributed by atoms with Crippen LogP contribution in [0.25, 0.3) is 0 Å². The molecule has 0 aliphatic heterocycles. The van der Waals surface area contributed by atoms with E-state index in [1.807, 2.05) is 25.1 Å². The molecule has 2 rings (SSSR count). The van der Waals surface area contributed by atoms with Gasteiger partial charge < -0.3 is 4.74 Å². The van der Waals surface area contributed by atoms with Gasteiger partial charge >= 0.3 is 0 Å². The number of hydrogen-bond donors (Lipinski definition) is 1. The van der Waals surface area contributed by atoms with E-state index in [1.165, 1.54) is 0 Å². The first-order chi connectivity index (χ1) is 9.22. The first kappa shape index (κ1) is 13.1. The molecule has 4 nitrogen and oxygen atoms in total. The van der Waals surface area contributed by atoms with Gasteiger partial charge in [-0.3, -0.25) is 4.79 Å². The second kappa shape index (κ2) is 6.02. The van der Waals surface area contributed by atoms with Crippen LogP contribution in [0.3, 0.4) is 0 Å². The van der Waals surface area contributed by atoms with Gasteiger partial charge in [-0.05, 0) is 43.3 Å². The molecule has 2 aromatic carbocycles. The van der Waals surface area contributed by atoms with E-state index in [2.05, 4.69) is 0 Å². The Morgan fingerprint density at radius 3 is 2.32 bits per heavy atom. The third kappa shape index (κ3) is 3.11. The Bertz CT molecular complexity index is 538. The molecule has 0 spiro atoms. The molecule has 1 amide bonds. The molecule has 0 heterocycles. The van der Waals surface area contributed by atoms with E-state index in [9.17, 15) is 4.79 Å². The smallest absolute Gasteiger partial charge is 0.272 e. The van der Waals surface area contributed by atoms with Crippen LogP contribution in [0, 0.1) is 0 Å². The summed E-state index contributed by atoms with van der Waals surface area (Å²) in [4.78, 5) is 12.2. The molecule has 98 valence electrons. The standard InChI is InChI=1S/C15H16N2O2/c1-2-19-14-10-8-12(9-11-14)15(18)17(16)13-6-4-3-5-7-13/h3-11H,2,16H2,1H3. The van der Waals surface area contributed by atoms with Crippen molar-refractivity contribution in [2.75, 3.05) is 11.6 Å². The molecule has 4 heteroatoms. The third-order valence-corrected chi connectivity index (χ3v) is 2.67. The fourth-order valence-corrected chi connectivity index (χ4v) is 1.71. The van der Waals surface area contributed by atoms with Gasteiger partial charge in [-0.1, -0.05) is 18.2 Å². The Morgan fingerprint density at radius 2 is 1.74 bits per heavy atom. The summed E-state index contributed by atoms with van der Waals surface area (Å²) in [5.41, 5.74) is 1.18. The molecule has 0 fully saturated rings. The van der Waals surface area contributed by atoms with Gasteiger partial charge in [0.2, 0.25) is 0 Å². The van der Waals surface area contributed by atoms with Crippen LogP contribution >= 0.6 is 0 Å². The van der Waals surface area contributed by atoms with E-state index in [-0.39, 0.29) is 5.91 Å². The van der Waals surface area contributed by atoms with E-state index < -0.39 is 0 Å². The van der Waals surface area contributed by atoms with E-state index in [0.29, 0.717) is 17.9 Å². The lowest BCUT2D eigenvalue weighted by Crippen LogP contribution is -2.37. The van der Waals surface area contributed by atoms with Crippen molar-refractivity contribution in [2.45, 2.75) is 6.92 Å². The molecular formula is C15H16N2O2. The summed E-state index contributed by atoms with van der Waals surface area (Å²) in [6.45, 7) is 2.51. The Hall–Kier alpha value is -2.33. The number of benzene rings is 2. The van der Waals surface area contributed by atoms with Crippen molar-refractivity contribution < 1.29 is 9.53 Å². The Balaban J connectivity index is 2.15. The Kier molecular flexibility index (Phi) is 4.15. The highest BCUT2D eigenvalue weighted by Crippen LogP contribution is 2.16. The Labute approximate surface area is 112 Å². The van der Waals surface area contributed by atoms with E-state index in [4.69, 9.17) is 10.6 Å². The van der Waals surface area contributed by atoms with E-state index in [1.54, 1.807) is 36.4 Å². The summed E-state index contributed by atoms with van der Waals surface area (Å²) >= 11 is 0. The van der Waals surface area contributed by atoms with Gasteiger partial charge in [0.1, 0.15) is 5.75 Å². The van der Waals surface area contributed by atoms with Gasteiger partial charge in [-0.25, -0.2) is 10.9 Å². The quantitative estimate of drug-likeness (QED) is 0.519. The van der Waals surface area contributed by atoms with Crippen LogP contribution in [0.5, 0.6) is 5.75 Å². The molecule has 0 aromatic heterocycles. The molecular weight excluding hydrogens is 240 g/mol. The summed E-state index contributed by atoms with van der Waals surface area (Å²) < 4.78 is 5.33. The van der Waals surface area contributed by atoms with Crippen LogP contribution in [0.2, 0.25) is 0 Å². The number of hydrogen-bond acceptors (Lipinski definition) is 3. The van der Waals surface area contributed by atoms with Crippen molar-refractivity contribution in [1.82, 2.24) is 0 Å². The molecule has 0 bridgehead atoms. The normalized spacial score (nSPS) is 10.0. The van der Waals surface area contributed by atoms with Crippen molar-refractivity contribution >= 4 is 11.6 Å². The number of ether oxygens (including phenoxy) is 1. The van der Waals surface area contributed by atoms with Crippen LogP contribution in [-0.2, 0) is 0 Å². The monoisotopic (exact) mass is 256 g/mol. The number of nitrogens with two attached hydrogens (primary N) is 1. The minimum absolute atomic E-state index is 0.255. The van der Waals surface area contributed by atoms with Crippen molar-refractivity contribution in [3.63, 3.8) is 0 Å². The number of carbonyl (C=O) groups excluding carboxylic acids is 1. The van der Waals surface area contributed by atoms with Gasteiger partial charge in [0.25, 0.3) is 5.91 Å². The number of amides is 1. The molecule has 0 aliphatic carbocycles. The van der Waals surface area contributed by atoms with Gasteiger partial charge in [0, 0.05) is 5.56 Å². The van der Waals surface area contributed by atoms with Crippen LogP contribution < -0.4 is 15.6 Å². The zero-order chi connectivity index (χ0) is 13.7. The van der Waals surface area contributed by atoms with Crippen molar-refractivity contribution in [2.24, 2.45) is 5.84 Å². The minimum atomic E-state index is -0.255. The maximum Gasteiger partial charge on any atom is 0.272 e. The van der Waals surface area contributed by atoms with Gasteiger partial charge in [-0.15, -0.1) is 0 Å². The fourth-order valence-electron chi connectivity index (χ4n) is 1.71. The van der Waals surface area contributed by atoms with Gasteiger partial charge in [0.15, 0.2) is 0 Å². The van der Waals surface area contributed by atoms with Crippen LogP contribution in [-0.4, -0.2) is 12.5 Å². The number of nitrogens with zero attached hydrogens (tertiary/aromatic N) is 1. The highest BCUT2D eigenvalue weighted by molar-refractivity contribution is 6.05. The van der Waals surface area contributed by atoms with Gasteiger partial charge in [-0.2, -0.15) is 0 Å². The summed E-state index contributed by atoms with van der Waals surface area (Å²) in [7, 11) is 0. The lowest BCUT2D eigenvalue weighted by Gasteiger charge is -2.16. The first-order valence-electron chi connectivity index (χ1n) is 6.09. The van der Waals surface area contributed by atoms with Crippen LogP contribution in [0.4, 0.5) is 5.69 Å². The zero-order valence-corrected chi connectivity index (χ0v) is 10.7. The second-order valence-electron chi connectivity index (χ2n) is 3.97. The summed E-state index contributed by atoms with van der Waals surface area (Å²) in [6.07, 6.45) is 0. The summed E-state index contributed by atoms with van der Waals surface area (Å²) in [5, 5.41) is 1.13. The second-order valence-corrected chi connectivity index (χ2v) is 3.97. The number of carbonyl (C=O) groups is 1. The van der Waals surface area contributed by atoms with E-state index in [0.717, 1.165) is 10.8 Å². The topological polar surface area (TPSA) is 55.6 Å². The third-order valence-electron chi connectivity index (χ3n) is 2.67. The number of para-hydroxylation sites is 1. The lowest BCUT2D eigenvalue weighted by atomic mass is 10.2.